The predicted octanol–water partition coefficient (Wildman–Crippen LogP) is 5.71. The van der Waals surface area contributed by atoms with Gasteiger partial charge >= 0.3 is 12.1 Å². The third kappa shape index (κ3) is 15.0. The lowest BCUT2D eigenvalue weighted by atomic mass is 9.89. The molecule has 0 saturated heterocycles. The Hall–Kier alpha value is -7.97. The Kier molecular flexibility index (Phi) is 18.4. The minimum atomic E-state index is -1.05. The number of rotatable bonds is 24. The van der Waals surface area contributed by atoms with Crippen LogP contribution in [0.5, 0.6) is 0 Å². The number of benzene rings is 1. The molecule has 0 spiro atoms. The van der Waals surface area contributed by atoms with Gasteiger partial charge in [-0.1, -0.05) is 57.7 Å². The zero-order valence-electron chi connectivity index (χ0n) is 41.6. The Morgan fingerprint density at radius 3 is 2.38 bits per heavy atom. The van der Waals surface area contributed by atoms with Crippen LogP contribution in [0.15, 0.2) is 79.3 Å². The first kappa shape index (κ1) is 52.8. The quantitative estimate of drug-likeness (QED) is 0.0321. The van der Waals surface area contributed by atoms with Gasteiger partial charge in [0.15, 0.2) is 5.65 Å². The molecule has 5 heterocycles. The van der Waals surface area contributed by atoms with Gasteiger partial charge in [-0.25, -0.2) is 24.1 Å². The molecular weight excluding hydrogens is 935 g/mol. The van der Waals surface area contributed by atoms with Crippen molar-refractivity contribution in [3.05, 3.63) is 96.4 Å². The first-order valence-electron chi connectivity index (χ1n) is 25.0. The van der Waals surface area contributed by atoms with Crippen molar-refractivity contribution in [2.75, 3.05) is 25.0 Å². The fourth-order valence-electron chi connectivity index (χ4n) is 8.96. The number of hydrogen-bond donors (Lipinski definition) is 6. The molecule has 21 nitrogen and oxygen atoms in total. The van der Waals surface area contributed by atoms with Crippen LogP contribution < -0.4 is 27.0 Å². The molecule has 1 aromatic carbocycles. The van der Waals surface area contributed by atoms with Crippen molar-refractivity contribution in [3.63, 3.8) is 0 Å². The Labute approximate surface area is 423 Å². The monoisotopic (exact) mass is 1000 g/mol. The molecule has 1 unspecified atom stereocenters. The fourth-order valence-corrected chi connectivity index (χ4v) is 8.96. The van der Waals surface area contributed by atoms with Crippen LogP contribution in [-0.2, 0) is 41.9 Å². The van der Waals surface area contributed by atoms with Crippen LogP contribution in [0.1, 0.15) is 102 Å². The molecule has 5 aromatic rings. The van der Waals surface area contributed by atoms with Crippen molar-refractivity contribution in [1.82, 2.24) is 55.3 Å². The number of ether oxygens (including phenoxy) is 1. The Balaban J connectivity index is 0.969. The number of fused-ring (bicyclic) bond motifs is 1. The lowest BCUT2D eigenvalue weighted by molar-refractivity contribution is -0.137. The number of imidazole rings is 1. The molecule has 7 N–H and O–H groups in total. The van der Waals surface area contributed by atoms with E-state index in [-0.39, 0.29) is 62.7 Å². The predicted molar refractivity (Wildman–Crippen MR) is 271 cm³/mol. The number of aryl methyl sites for hydroxylation is 1. The first-order chi connectivity index (χ1) is 35.2. The van der Waals surface area contributed by atoms with E-state index < -0.39 is 36.0 Å². The number of urea groups is 1. The molecule has 1 fully saturated rings. The topological polar surface area (TPSA) is 281 Å². The molecule has 7 rings (SSSR count). The summed E-state index contributed by atoms with van der Waals surface area (Å²) in [4.78, 5) is 110. The number of hydrogen-bond acceptors (Lipinski definition) is 12. The molecule has 73 heavy (non-hydrogen) atoms. The summed E-state index contributed by atoms with van der Waals surface area (Å²) >= 11 is 0. The maximum Gasteiger partial charge on any atom is 0.410 e. The molecule has 1 aliphatic heterocycles. The molecule has 1 saturated carbocycles. The Morgan fingerprint density at radius 2 is 1.66 bits per heavy atom. The molecule has 2 aliphatic rings. The number of carbonyl (C=O) groups is 7. The number of nitrogens with one attached hydrogen (secondary N) is 5. The van der Waals surface area contributed by atoms with E-state index >= 15 is 0 Å². The third-order valence-electron chi connectivity index (χ3n) is 12.9. The van der Waals surface area contributed by atoms with Crippen molar-refractivity contribution in [1.29, 1.82) is 0 Å². The highest BCUT2D eigenvalue weighted by atomic mass is 16.6. The maximum absolute atomic E-state index is 14.1. The highest BCUT2D eigenvalue weighted by molar-refractivity contribution is 6.12. The second-order valence-corrected chi connectivity index (χ2v) is 18.9. The van der Waals surface area contributed by atoms with Crippen LogP contribution in [0.3, 0.4) is 0 Å². The molecule has 2 atom stereocenters. The van der Waals surface area contributed by atoms with E-state index in [0.717, 1.165) is 41.8 Å². The van der Waals surface area contributed by atoms with Gasteiger partial charge in [0.25, 0.3) is 11.8 Å². The lowest BCUT2D eigenvalue weighted by Crippen LogP contribution is -2.54. The molecule has 386 valence electrons. The van der Waals surface area contributed by atoms with E-state index in [1.54, 1.807) is 47.5 Å². The fraction of sp³-hybridized carbons (Fsp3) is 0.442. The van der Waals surface area contributed by atoms with Crippen molar-refractivity contribution >= 4 is 53.0 Å². The summed E-state index contributed by atoms with van der Waals surface area (Å²) in [6.07, 6.45) is 12.9. The SMILES string of the molecule is Cc1cccc(-c2[nH]c(CN(CC3CCCCC3)C(=O)OCc3ccc(NC(=O)[C@H](CCCNC(N)=O)NC(=O)C(NC(=O)CCCCCN4C(=O)C=CC4=O)C(C)C)cc3)nc2-c2ccc3ncnn3c2)n1. The molecule has 1 aliphatic carbocycles. The van der Waals surface area contributed by atoms with Gasteiger partial charge in [0.05, 0.1) is 23.6 Å². The van der Waals surface area contributed by atoms with Gasteiger partial charge in [0.2, 0.25) is 17.7 Å². The van der Waals surface area contributed by atoms with Crippen molar-refractivity contribution in [2.24, 2.45) is 17.6 Å². The van der Waals surface area contributed by atoms with Gasteiger partial charge in [-0.3, -0.25) is 33.9 Å². The number of anilines is 1. The van der Waals surface area contributed by atoms with E-state index in [0.29, 0.717) is 78.0 Å². The summed E-state index contributed by atoms with van der Waals surface area (Å²) in [5, 5.41) is 15.2. The minimum absolute atomic E-state index is 0.0415. The zero-order valence-corrected chi connectivity index (χ0v) is 41.6. The smallest absolute Gasteiger partial charge is 0.410 e. The third-order valence-corrected chi connectivity index (χ3v) is 12.9. The number of amides is 8. The van der Waals surface area contributed by atoms with Crippen LogP contribution in [0.4, 0.5) is 15.3 Å². The highest BCUT2D eigenvalue weighted by Gasteiger charge is 2.30. The van der Waals surface area contributed by atoms with Gasteiger partial charge in [0, 0.05) is 61.3 Å². The van der Waals surface area contributed by atoms with E-state index in [4.69, 9.17) is 20.4 Å². The second kappa shape index (κ2) is 25.4. The number of H-pyrrole nitrogens is 1. The number of carbonyl (C=O) groups excluding carboxylic acids is 7. The number of nitrogens with zero attached hydrogens (tertiary/aromatic N) is 7. The number of nitrogens with two attached hydrogens (primary N) is 1. The molecule has 0 bridgehead atoms. The molecular formula is C52H65N13O8. The summed E-state index contributed by atoms with van der Waals surface area (Å²) in [5.74, 6) is -1.59. The van der Waals surface area contributed by atoms with Crippen LogP contribution in [0.25, 0.3) is 28.3 Å². The largest absolute Gasteiger partial charge is 0.445 e. The molecule has 21 heteroatoms. The number of imide groups is 1. The summed E-state index contributed by atoms with van der Waals surface area (Å²) in [6.45, 7) is 6.53. The average Bonchev–Trinajstić information content (AvgIpc) is 4.11. The molecule has 0 radical (unpaired) electrons. The Morgan fingerprint density at radius 1 is 0.890 bits per heavy atom. The number of aromatic nitrogens is 6. The number of pyridine rings is 2. The van der Waals surface area contributed by atoms with Gasteiger partial charge in [-0.05, 0) is 99.2 Å². The standard InChI is InChI=1S/C52H65N13O8/c1-33(2)46(62-43(66)17-8-5-9-27-64-44(67)24-25-45(64)68)50(70)59-40(16-11-26-54-51(53)71)49(69)58-38-21-18-36(19-22-38)31-73-52(72)63(28-35-13-6-4-7-14-35)30-41-60-47(37-20-23-42-55-32-56-65(42)29-37)48(61-41)39-15-10-12-34(3)57-39/h10,12,15,18-25,29,32-33,35,40,46H,4-9,11,13-14,16-17,26-28,30-31H2,1-3H3,(H,58,69)(H,59,70)(H,60,61)(H,62,66)(H3,53,54,71)/t40-,46?/m0/s1. The Bertz CT molecular complexity index is 2760. The summed E-state index contributed by atoms with van der Waals surface area (Å²) in [7, 11) is 0. The summed E-state index contributed by atoms with van der Waals surface area (Å²) in [5.41, 5.74) is 10.8. The van der Waals surface area contributed by atoms with Crippen molar-refractivity contribution < 1.29 is 38.3 Å². The van der Waals surface area contributed by atoms with Crippen LogP contribution in [0.2, 0.25) is 0 Å². The molecule has 8 amide bonds. The van der Waals surface area contributed by atoms with Crippen molar-refractivity contribution in [3.8, 4) is 22.6 Å². The normalized spacial score (nSPS) is 14.5. The van der Waals surface area contributed by atoms with Gasteiger partial charge in [0.1, 0.15) is 30.8 Å². The van der Waals surface area contributed by atoms with Gasteiger partial charge in [-0.15, -0.1) is 0 Å². The lowest BCUT2D eigenvalue weighted by Gasteiger charge is -2.28. The average molecular weight is 1000 g/mol. The van der Waals surface area contributed by atoms with Crippen molar-refractivity contribution in [2.45, 2.75) is 117 Å². The molecule has 4 aromatic heterocycles. The second-order valence-electron chi connectivity index (χ2n) is 18.9. The van der Waals surface area contributed by atoms with E-state index in [1.807, 2.05) is 43.5 Å². The minimum Gasteiger partial charge on any atom is -0.445 e. The number of aromatic amines is 1. The van der Waals surface area contributed by atoms with E-state index in [2.05, 4.69) is 36.3 Å². The van der Waals surface area contributed by atoms with Crippen LogP contribution in [0, 0.1) is 18.8 Å². The number of primary amides is 1. The summed E-state index contributed by atoms with van der Waals surface area (Å²) < 4.78 is 7.64. The van der Waals surface area contributed by atoms with Gasteiger partial charge < -0.3 is 41.6 Å². The van der Waals surface area contributed by atoms with Crippen LogP contribution in [-0.4, -0.2) is 113 Å². The van der Waals surface area contributed by atoms with E-state index in [9.17, 15) is 33.6 Å². The number of unbranched alkanes of at least 4 members (excludes halogenated alkanes) is 2. The van der Waals surface area contributed by atoms with Crippen LogP contribution >= 0.6 is 0 Å². The maximum atomic E-state index is 14.1. The zero-order chi connectivity index (χ0) is 51.9. The first-order valence-corrected chi connectivity index (χ1v) is 25.0. The highest BCUT2D eigenvalue weighted by Crippen LogP contribution is 2.31. The van der Waals surface area contributed by atoms with E-state index in [1.165, 1.54) is 24.9 Å². The summed E-state index contributed by atoms with van der Waals surface area (Å²) in [6, 6.07) is 13.7. The van der Waals surface area contributed by atoms with Gasteiger partial charge in [-0.2, -0.15) is 5.10 Å².